The van der Waals surface area contributed by atoms with Crippen molar-refractivity contribution in [2.45, 2.75) is 6.61 Å². The lowest BCUT2D eigenvalue weighted by molar-refractivity contribution is -0.384. The van der Waals surface area contributed by atoms with Crippen LogP contribution in [-0.2, 0) is 6.61 Å². The van der Waals surface area contributed by atoms with Crippen molar-refractivity contribution >= 4 is 28.9 Å². The molecule has 21 heavy (non-hydrogen) atoms. The third-order valence-electron chi connectivity index (χ3n) is 2.86. The fourth-order valence-electron chi connectivity index (χ4n) is 1.81. The highest BCUT2D eigenvalue weighted by Gasteiger charge is 2.20. The molecule has 0 aliphatic rings. The normalized spacial score (nSPS) is 10.2. The SMILES string of the molecule is O=C(Nc1ccccc1CO)c1cccc([N+](=O)[O-])c1Cl. The Morgan fingerprint density at radius 2 is 1.95 bits per heavy atom. The smallest absolute Gasteiger partial charge is 0.288 e. The van der Waals surface area contributed by atoms with Gasteiger partial charge in [-0.15, -0.1) is 0 Å². The van der Waals surface area contributed by atoms with E-state index in [1.54, 1.807) is 24.3 Å². The molecule has 0 fully saturated rings. The van der Waals surface area contributed by atoms with Gasteiger partial charge in [0.1, 0.15) is 5.02 Å². The van der Waals surface area contributed by atoms with Gasteiger partial charge in [0.15, 0.2) is 0 Å². The second-order valence-electron chi connectivity index (χ2n) is 4.17. The lowest BCUT2D eigenvalue weighted by atomic mass is 10.1. The Balaban J connectivity index is 2.33. The number of nitrogens with one attached hydrogen (secondary N) is 1. The number of nitro groups is 1. The van der Waals surface area contributed by atoms with Gasteiger partial charge in [-0.05, 0) is 12.1 Å². The van der Waals surface area contributed by atoms with Crippen LogP contribution in [0.2, 0.25) is 5.02 Å². The average molecular weight is 307 g/mol. The van der Waals surface area contributed by atoms with Crippen LogP contribution in [0, 0.1) is 10.1 Å². The van der Waals surface area contributed by atoms with E-state index in [1.165, 1.54) is 18.2 Å². The van der Waals surface area contributed by atoms with Gasteiger partial charge < -0.3 is 10.4 Å². The van der Waals surface area contributed by atoms with Gasteiger partial charge in [-0.3, -0.25) is 14.9 Å². The summed E-state index contributed by atoms with van der Waals surface area (Å²) < 4.78 is 0. The fraction of sp³-hybridized carbons (Fsp3) is 0.0714. The first-order chi connectivity index (χ1) is 10.0. The molecule has 6 nitrogen and oxygen atoms in total. The molecule has 108 valence electrons. The number of carbonyl (C=O) groups excluding carboxylic acids is 1. The molecule has 7 heteroatoms. The second-order valence-corrected chi connectivity index (χ2v) is 4.54. The summed E-state index contributed by atoms with van der Waals surface area (Å²) in [4.78, 5) is 22.3. The summed E-state index contributed by atoms with van der Waals surface area (Å²) in [6.45, 7) is -0.237. The minimum absolute atomic E-state index is 0.00129. The van der Waals surface area contributed by atoms with Crippen molar-refractivity contribution in [2.75, 3.05) is 5.32 Å². The molecule has 1 amide bonds. The van der Waals surface area contributed by atoms with E-state index >= 15 is 0 Å². The molecule has 0 atom stereocenters. The minimum Gasteiger partial charge on any atom is -0.392 e. The highest BCUT2D eigenvalue weighted by atomic mass is 35.5. The summed E-state index contributed by atoms with van der Waals surface area (Å²) in [6.07, 6.45) is 0. The number of hydrogen-bond acceptors (Lipinski definition) is 4. The first-order valence-electron chi connectivity index (χ1n) is 5.97. The quantitative estimate of drug-likeness (QED) is 0.671. The molecule has 0 aliphatic carbocycles. The molecule has 0 bridgehead atoms. The third kappa shape index (κ3) is 3.18. The molecule has 0 aromatic heterocycles. The zero-order valence-corrected chi connectivity index (χ0v) is 11.5. The van der Waals surface area contributed by atoms with Crippen LogP contribution >= 0.6 is 11.6 Å². The van der Waals surface area contributed by atoms with Gasteiger partial charge in [-0.2, -0.15) is 0 Å². The zero-order valence-electron chi connectivity index (χ0n) is 10.7. The van der Waals surface area contributed by atoms with E-state index in [4.69, 9.17) is 11.6 Å². The van der Waals surface area contributed by atoms with Gasteiger partial charge in [0.2, 0.25) is 0 Å². The van der Waals surface area contributed by atoms with Crippen LogP contribution in [0.4, 0.5) is 11.4 Å². The molecule has 2 N–H and O–H groups in total. The van der Waals surface area contributed by atoms with Gasteiger partial charge in [-0.25, -0.2) is 0 Å². The maximum atomic E-state index is 12.2. The Kier molecular flexibility index (Phi) is 4.52. The number of amides is 1. The van der Waals surface area contributed by atoms with Crippen LogP contribution < -0.4 is 5.32 Å². The molecule has 0 radical (unpaired) electrons. The number of carbonyl (C=O) groups is 1. The second kappa shape index (κ2) is 6.34. The highest BCUT2D eigenvalue weighted by molar-refractivity contribution is 6.36. The van der Waals surface area contributed by atoms with Crippen molar-refractivity contribution in [1.29, 1.82) is 0 Å². The van der Waals surface area contributed by atoms with Gasteiger partial charge in [0, 0.05) is 17.3 Å². The van der Waals surface area contributed by atoms with Crippen molar-refractivity contribution in [2.24, 2.45) is 0 Å². The summed E-state index contributed by atoms with van der Waals surface area (Å²) in [6, 6.07) is 10.7. The van der Waals surface area contributed by atoms with E-state index < -0.39 is 10.8 Å². The van der Waals surface area contributed by atoms with E-state index in [0.717, 1.165) is 0 Å². The van der Waals surface area contributed by atoms with Crippen molar-refractivity contribution < 1.29 is 14.8 Å². The lowest BCUT2D eigenvalue weighted by Crippen LogP contribution is -2.14. The molecule has 2 aromatic rings. The monoisotopic (exact) mass is 306 g/mol. The summed E-state index contributed by atoms with van der Waals surface area (Å²) in [5.74, 6) is -0.579. The van der Waals surface area contributed by atoms with Gasteiger partial charge >= 0.3 is 0 Å². The third-order valence-corrected chi connectivity index (χ3v) is 3.25. The summed E-state index contributed by atoms with van der Waals surface area (Å²) in [5.41, 5.74) is 0.623. The lowest BCUT2D eigenvalue weighted by Gasteiger charge is -2.10. The Morgan fingerprint density at radius 1 is 1.24 bits per heavy atom. The number of aliphatic hydroxyl groups excluding tert-OH is 1. The minimum atomic E-state index is -0.652. The molecule has 0 saturated heterocycles. The number of para-hydroxylation sites is 1. The summed E-state index contributed by atoms with van der Waals surface area (Å²) in [7, 11) is 0. The number of nitrogens with zero attached hydrogens (tertiary/aromatic N) is 1. The Bertz CT molecular complexity index is 703. The fourth-order valence-corrected chi connectivity index (χ4v) is 2.09. The summed E-state index contributed by atoms with van der Waals surface area (Å²) >= 11 is 5.89. The molecule has 0 spiro atoms. The van der Waals surface area contributed by atoms with E-state index in [9.17, 15) is 20.0 Å². The number of hydrogen-bond donors (Lipinski definition) is 2. The Morgan fingerprint density at radius 3 is 2.62 bits per heavy atom. The predicted octanol–water partition coefficient (Wildman–Crippen LogP) is 2.99. The zero-order chi connectivity index (χ0) is 15.4. The molecule has 2 aromatic carbocycles. The highest BCUT2D eigenvalue weighted by Crippen LogP contribution is 2.28. The number of rotatable bonds is 4. The average Bonchev–Trinajstić information content (AvgIpc) is 2.47. The topological polar surface area (TPSA) is 92.5 Å². The van der Waals surface area contributed by atoms with Crippen molar-refractivity contribution in [3.63, 3.8) is 0 Å². The van der Waals surface area contributed by atoms with Crippen molar-refractivity contribution in [3.05, 3.63) is 68.7 Å². The van der Waals surface area contributed by atoms with Crippen molar-refractivity contribution in [3.8, 4) is 0 Å². The Labute approximate surface area is 125 Å². The summed E-state index contributed by atoms with van der Waals surface area (Å²) in [5, 5.41) is 22.4. The van der Waals surface area contributed by atoms with E-state index in [1.807, 2.05) is 0 Å². The molecule has 0 saturated carbocycles. The largest absolute Gasteiger partial charge is 0.392 e. The van der Waals surface area contributed by atoms with E-state index in [0.29, 0.717) is 11.3 Å². The molecular weight excluding hydrogens is 296 g/mol. The van der Waals surface area contributed by atoms with Crippen LogP contribution in [0.1, 0.15) is 15.9 Å². The van der Waals surface area contributed by atoms with Crippen LogP contribution in [0.25, 0.3) is 0 Å². The molecule has 0 aliphatic heterocycles. The predicted molar refractivity (Wildman–Crippen MR) is 78.4 cm³/mol. The Hall–Kier alpha value is -2.44. The number of benzene rings is 2. The maximum Gasteiger partial charge on any atom is 0.288 e. The molecule has 0 heterocycles. The van der Waals surface area contributed by atoms with E-state index in [-0.39, 0.29) is 22.9 Å². The standard InChI is InChI=1S/C14H11ClN2O4/c15-13-10(5-3-7-12(13)17(20)21)14(19)16-11-6-2-1-4-9(11)8-18/h1-7,18H,8H2,(H,16,19). The number of aliphatic hydroxyl groups is 1. The van der Waals surface area contributed by atoms with Crippen molar-refractivity contribution in [1.82, 2.24) is 0 Å². The first-order valence-corrected chi connectivity index (χ1v) is 6.35. The number of anilines is 1. The number of nitro benzene ring substituents is 1. The van der Waals surface area contributed by atoms with Gasteiger partial charge in [0.25, 0.3) is 11.6 Å². The maximum absolute atomic E-state index is 12.2. The van der Waals surface area contributed by atoms with Crippen LogP contribution in [0.15, 0.2) is 42.5 Å². The van der Waals surface area contributed by atoms with Crippen LogP contribution in [0.3, 0.4) is 0 Å². The molecule has 2 rings (SSSR count). The van der Waals surface area contributed by atoms with Gasteiger partial charge in [-0.1, -0.05) is 35.9 Å². The van der Waals surface area contributed by atoms with Crippen LogP contribution in [-0.4, -0.2) is 15.9 Å². The number of halogens is 1. The molecular formula is C14H11ClN2O4. The molecule has 0 unspecified atom stereocenters. The van der Waals surface area contributed by atoms with E-state index in [2.05, 4.69) is 5.32 Å². The first kappa shape index (κ1) is 15.0. The van der Waals surface area contributed by atoms with Gasteiger partial charge in [0.05, 0.1) is 17.1 Å². The van der Waals surface area contributed by atoms with Crippen LogP contribution in [0.5, 0.6) is 0 Å².